The summed E-state index contributed by atoms with van der Waals surface area (Å²) in [6, 6.07) is 0. The molecule has 2 N–H and O–H groups in total. The minimum absolute atomic E-state index is 0.0296. The molecule has 1 fully saturated rings. The van der Waals surface area contributed by atoms with Crippen molar-refractivity contribution < 1.29 is 38.8 Å². The number of hydrogen-bond donors (Lipinski definition) is 2. The van der Waals surface area contributed by atoms with Crippen LogP contribution in [0.2, 0.25) is 0 Å². The lowest BCUT2D eigenvalue weighted by atomic mass is 10.1. The molecule has 9 heteroatoms. The lowest BCUT2D eigenvalue weighted by Crippen LogP contribution is -2.33. The summed E-state index contributed by atoms with van der Waals surface area (Å²) in [5.41, 5.74) is 0. The summed E-state index contributed by atoms with van der Waals surface area (Å²) in [7, 11) is 3.53. The minimum atomic E-state index is -0.995. The number of likely N-dealkylation sites (N-methyl/N-ethyl adjacent to an activating group) is 1. The fourth-order valence-corrected chi connectivity index (χ4v) is 3.43. The molecule has 0 spiro atoms. The van der Waals surface area contributed by atoms with Gasteiger partial charge in [0.2, 0.25) is 0 Å². The van der Waals surface area contributed by atoms with E-state index < -0.39 is 24.5 Å². The summed E-state index contributed by atoms with van der Waals surface area (Å²) in [5.74, 6) is -1.35. The van der Waals surface area contributed by atoms with Crippen LogP contribution in [-0.4, -0.2) is 78.8 Å². The Bertz CT molecular complexity index is 555. The van der Waals surface area contributed by atoms with Crippen molar-refractivity contribution in [1.29, 1.82) is 0 Å². The quantitative estimate of drug-likeness (QED) is 0.231. The van der Waals surface area contributed by atoms with E-state index in [2.05, 4.69) is 13.8 Å². The van der Waals surface area contributed by atoms with Crippen molar-refractivity contribution in [3.63, 3.8) is 0 Å². The number of aliphatic hydroxyl groups is 1. The van der Waals surface area contributed by atoms with E-state index in [0.29, 0.717) is 12.8 Å². The van der Waals surface area contributed by atoms with Crippen LogP contribution in [0.1, 0.15) is 97.3 Å². The van der Waals surface area contributed by atoms with Gasteiger partial charge in [-0.25, -0.2) is 0 Å². The number of aliphatic hydroxyl groups excluding tert-OH is 1. The van der Waals surface area contributed by atoms with Crippen LogP contribution < -0.4 is 0 Å². The predicted octanol–water partition coefficient (Wildman–Crippen LogP) is 3.90. The standard InChI is InChI=1S/C17H31NO6.C8H16O2/c1-4-5-6-7-8-9-15(19)23-13-10-16(20)24-14(13)12-22-17(21)11-18(2)3;1-2-3-4-5-6-7-8(9)10/h13-14,16,20H,4-12H2,1-3H3;2-7H2,1H3,(H,9,10)/t13-,14-,16-;/m1./s1. The van der Waals surface area contributed by atoms with E-state index >= 15 is 0 Å². The molecule has 0 unspecified atom stereocenters. The van der Waals surface area contributed by atoms with Crippen molar-refractivity contribution in [3.8, 4) is 0 Å². The first-order valence-corrected chi connectivity index (χ1v) is 12.7. The fraction of sp³-hybridized carbons (Fsp3) is 0.880. The van der Waals surface area contributed by atoms with Gasteiger partial charge in [0.1, 0.15) is 18.8 Å². The molecular formula is C25H47NO8. The molecule has 1 heterocycles. The molecule has 3 atom stereocenters. The first-order valence-electron chi connectivity index (χ1n) is 12.7. The lowest BCUT2D eigenvalue weighted by Gasteiger charge is -2.19. The molecule has 1 aliphatic heterocycles. The summed E-state index contributed by atoms with van der Waals surface area (Å²) in [6.45, 7) is 4.43. The Morgan fingerprint density at radius 2 is 1.44 bits per heavy atom. The smallest absolute Gasteiger partial charge is 0.320 e. The number of nitrogens with zero attached hydrogens (tertiary/aromatic N) is 1. The summed E-state index contributed by atoms with van der Waals surface area (Å²) >= 11 is 0. The number of aliphatic carboxylic acids is 1. The molecule has 0 saturated carbocycles. The van der Waals surface area contributed by atoms with Gasteiger partial charge in [0.25, 0.3) is 0 Å². The van der Waals surface area contributed by atoms with E-state index in [9.17, 15) is 19.5 Å². The summed E-state index contributed by atoms with van der Waals surface area (Å²) in [5, 5.41) is 17.9. The van der Waals surface area contributed by atoms with Crippen LogP contribution >= 0.6 is 0 Å². The number of carboxylic acid groups (broad SMARTS) is 1. The lowest BCUT2D eigenvalue weighted by molar-refractivity contribution is -0.162. The van der Waals surface area contributed by atoms with Crippen LogP contribution in [0.3, 0.4) is 0 Å². The van der Waals surface area contributed by atoms with Crippen molar-refractivity contribution in [2.75, 3.05) is 27.2 Å². The summed E-state index contributed by atoms with van der Waals surface area (Å²) in [6.07, 6.45) is 9.55. The van der Waals surface area contributed by atoms with Gasteiger partial charge in [-0.3, -0.25) is 19.3 Å². The summed E-state index contributed by atoms with van der Waals surface area (Å²) < 4.78 is 15.8. The van der Waals surface area contributed by atoms with E-state index in [-0.39, 0.29) is 31.5 Å². The number of ether oxygens (including phenoxy) is 3. The van der Waals surface area contributed by atoms with Crippen LogP contribution in [0.25, 0.3) is 0 Å². The SMILES string of the molecule is CCCCCCCC(=O)O.CCCCCCCC(=O)O[C@@H]1C[C@H](O)O[C@@H]1COC(=O)CN(C)C. The molecule has 1 aliphatic rings. The zero-order chi connectivity index (χ0) is 25.8. The van der Waals surface area contributed by atoms with Gasteiger partial charge in [-0.15, -0.1) is 0 Å². The van der Waals surface area contributed by atoms with Gasteiger partial charge in [-0.1, -0.05) is 65.2 Å². The number of esters is 2. The highest BCUT2D eigenvalue weighted by molar-refractivity contribution is 5.71. The van der Waals surface area contributed by atoms with Crippen LogP contribution in [0.5, 0.6) is 0 Å². The predicted molar refractivity (Wildman–Crippen MR) is 129 cm³/mol. The number of hydrogen-bond acceptors (Lipinski definition) is 8. The van der Waals surface area contributed by atoms with Crippen LogP contribution in [0, 0.1) is 0 Å². The molecule has 34 heavy (non-hydrogen) atoms. The first kappa shape index (κ1) is 32.3. The molecule has 0 bridgehead atoms. The Balaban J connectivity index is 0.000000916. The number of rotatable bonds is 17. The highest BCUT2D eigenvalue weighted by Crippen LogP contribution is 2.23. The van der Waals surface area contributed by atoms with Crippen LogP contribution in [0.4, 0.5) is 0 Å². The van der Waals surface area contributed by atoms with Crippen molar-refractivity contribution in [2.45, 2.75) is 116 Å². The molecule has 9 nitrogen and oxygen atoms in total. The molecule has 0 aromatic heterocycles. The average Bonchev–Trinajstić information content (AvgIpc) is 3.10. The number of carboxylic acids is 1. The van der Waals surface area contributed by atoms with E-state index in [1.807, 2.05) is 0 Å². The van der Waals surface area contributed by atoms with Gasteiger partial charge in [-0.05, 0) is 26.9 Å². The zero-order valence-corrected chi connectivity index (χ0v) is 21.6. The Labute approximate surface area is 205 Å². The monoisotopic (exact) mass is 489 g/mol. The van der Waals surface area contributed by atoms with E-state index in [4.69, 9.17) is 19.3 Å². The molecule has 0 aromatic rings. The maximum Gasteiger partial charge on any atom is 0.320 e. The third-order valence-corrected chi connectivity index (χ3v) is 5.30. The van der Waals surface area contributed by atoms with Crippen molar-refractivity contribution in [1.82, 2.24) is 4.90 Å². The molecule has 200 valence electrons. The third-order valence-electron chi connectivity index (χ3n) is 5.30. The molecule has 0 aromatic carbocycles. The second-order valence-electron chi connectivity index (χ2n) is 9.04. The number of carbonyl (C=O) groups is 3. The molecule has 0 amide bonds. The normalized spacial score (nSPS) is 19.4. The molecular weight excluding hydrogens is 442 g/mol. The molecule has 0 aliphatic carbocycles. The van der Waals surface area contributed by atoms with Crippen molar-refractivity contribution >= 4 is 17.9 Å². The Hall–Kier alpha value is -1.71. The average molecular weight is 490 g/mol. The topological polar surface area (TPSA) is 123 Å². The van der Waals surface area contributed by atoms with E-state index in [1.165, 1.54) is 25.7 Å². The minimum Gasteiger partial charge on any atom is -0.481 e. The van der Waals surface area contributed by atoms with Gasteiger partial charge >= 0.3 is 17.9 Å². The molecule has 1 saturated heterocycles. The largest absolute Gasteiger partial charge is 0.481 e. The highest BCUT2D eigenvalue weighted by Gasteiger charge is 2.37. The fourth-order valence-electron chi connectivity index (χ4n) is 3.43. The maximum atomic E-state index is 11.9. The summed E-state index contributed by atoms with van der Waals surface area (Å²) in [4.78, 5) is 35.2. The van der Waals surface area contributed by atoms with Crippen molar-refractivity contribution in [3.05, 3.63) is 0 Å². The first-order chi connectivity index (χ1) is 16.2. The molecule has 0 radical (unpaired) electrons. The van der Waals surface area contributed by atoms with Crippen LogP contribution in [0.15, 0.2) is 0 Å². The highest BCUT2D eigenvalue weighted by atomic mass is 16.7. The maximum absolute atomic E-state index is 11.9. The Morgan fingerprint density at radius 3 is 1.97 bits per heavy atom. The second-order valence-corrected chi connectivity index (χ2v) is 9.04. The van der Waals surface area contributed by atoms with Gasteiger partial charge in [0.15, 0.2) is 6.29 Å². The zero-order valence-electron chi connectivity index (χ0n) is 21.6. The van der Waals surface area contributed by atoms with Crippen molar-refractivity contribution in [2.24, 2.45) is 0 Å². The number of unbranched alkanes of at least 4 members (excludes halogenated alkanes) is 8. The molecule has 1 rings (SSSR count). The van der Waals surface area contributed by atoms with Gasteiger partial charge in [-0.2, -0.15) is 0 Å². The number of carbonyl (C=O) groups excluding carboxylic acids is 2. The Morgan fingerprint density at radius 1 is 0.882 bits per heavy atom. The van der Waals surface area contributed by atoms with Gasteiger partial charge in [0, 0.05) is 19.3 Å². The Kier molecular flexibility index (Phi) is 19.6. The van der Waals surface area contributed by atoms with E-state index in [0.717, 1.165) is 38.5 Å². The second kappa shape index (κ2) is 20.6. The van der Waals surface area contributed by atoms with E-state index in [1.54, 1.807) is 19.0 Å². The van der Waals surface area contributed by atoms with Crippen LogP contribution in [-0.2, 0) is 28.6 Å². The van der Waals surface area contributed by atoms with Gasteiger partial charge < -0.3 is 24.4 Å². The third kappa shape index (κ3) is 18.7. The van der Waals surface area contributed by atoms with Gasteiger partial charge in [0.05, 0.1) is 6.54 Å².